The zero-order valence-corrected chi connectivity index (χ0v) is 13.2. The molecule has 3 rings (SSSR count). The normalized spacial score (nSPS) is 21.0. The minimum atomic E-state index is -4.62. The first-order chi connectivity index (χ1) is 11.2. The average molecular weight is 346 g/mol. The quantitative estimate of drug-likeness (QED) is 0.838. The number of hydrogen-bond acceptors (Lipinski definition) is 7. The lowest BCUT2D eigenvalue weighted by Gasteiger charge is -2.34. The highest BCUT2D eigenvalue weighted by Gasteiger charge is 2.46. The summed E-state index contributed by atoms with van der Waals surface area (Å²) in [4.78, 5) is 23.7. The van der Waals surface area contributed by atoms with Crippen LogP contribution >= 0.6 is 0 Å². The summed E-state index contributed by atoms with van der Waals surface area (Å²) < 4.78 is 42.0. The Labute approximate surface area is 135 Å². The lowest BCUT2D eigenvalue weighted by Crippen LogP contribution is -2.49. The molecule has 0 saturated carbocycles. The van der Waals surface area contributed by atoms with Gasteiger partial charge in [0.25, 0.3) is 11.7 Å². The Morgan fingerprint density at radius 3 is 2.50 bits per heavy atom. The summed E-state index contributed by atoms with van der Waals surface area (Å²) in [7, 11) is 3.59. The Balaban J connectivity index is 1.62. The number of likely N-dealkylation sites (tertiary alicyclic amines) is 1. The van der Waals surface area contributed by atoms with E-state index in [0.717, 1.165) is 0 Å². The lowest BCUT2D eigenvalue weighted by molar-refractivity contribution is -0.146. The summed E-state index contributed by atoms with van der Waals surface area (Å²) in [5, 5.41) is 5.69. The molecule has 3 heterocycles. The third-order valence-electron chi connectivity index (χ3n) is 4.16. The second kappa shape index (κ2) is 5.72. The van der Waals surface area contributed by atoms with Crippen molar-refractivity contribution in [2.24, 2.45) is 4.99 Å². The van der Waals surface area contributed by atoms with Crippen molar-refractivity contribution in [3.8, 4) is 0 Å². The van der Waals surface area contributed by atoms with Crippen molar-refractivity contribution in [2.75, 3.05) is 27.2 Å². The van der Waals surface area contributed by atoms with Crippen molar-refractivity contribution in [1.82, 2.24) is 25.3 Å². The van der Waals surface area contributed by atoms with E-state index in [2.05, 4.69) is 25.0 Å². The van der Waals surface area contributed by atoms with Crippen LogP contribution in [0.15, 0.2) is 9.52 Å². The van der Waals surface area contributed by atoms with Gasteiger partial charge in [-0.2, -0.15) is 18.2 Å². The molecule has 24 heavy (non-hydrogen) atoms. The Kier molecular flexibility index (Phi) is 3.98. The first-order valence-electron chi connectivity index (χ1n) is 7.40. The molecule has 0 aromatic carbocycles. The molecule has 1 aromatic heterocycles. The molecule has 0 aliphatic carbocycles. The van der Waals surface area contributed by atoms with Crippen LogP contribution in [0.3, 0.4) is 0 Å². The van der Waals surface area contributed by atoms with E-state index >= 15 is 0 Å². The van der Waals surface area contributed by atoms with Crippen LogP contribution in [0.5, 0.6) is 0 Å². The van der Waals surface area contributed by atoms with E-state index in [1.54, 1.807) is 19.0 Å². The number of aromatic nitrogens is 2. The van der Waals surface area contributed by atoms with Gasteiger partial charge in [-0.3, -0.25) is 15.0 Å². The van der Waals surface area contributed by atoms with Crippen molar-refractivity contribution >= 4 is 11.9 Å². The van der Waals surface area contributed by atoms with E-state index in [-0.39, 0.29) is 18.3 Å². The van der Waals surface area contributed by atoms with E-state index in [4.69, 9.17) is 0 Å². The number of piperidine rings is 1. The molecule has 1 saturated heterocycles. The molecule has 11 heteroatoms. The number of guanidine groups is 1. The van der Waals surface area contributed by atoms with Crippen molar-refractivity contribution < 1.29 is 22.5 Å². The largest absolute Gasteiger partial charge is 0.455 e. The molecule has 1 spiro atoms. The maximum Gasteiger partial charge on any atom is 0.455 e. The van der Waals surface area contributed by atoms with Gasteiger partial charge in [0, 0.05) is 27.2 Å². The number of carbonyl (C=O) groups is 1. The minimum absolute atomic E-state index is 0.0911. The number of aliphatic imine (C=N–C) groups is 1. The van der Waals surface area contributed by atoms with Gasteiger partial charge < -0.3 is 9.42 Å². The topological polar surface area (TPSA) is 86.9 Å². The number of carbonyl (C=O) groups excluding carboxylic acids is 1. The molecule has 2 aliphatic rings. The molecular weight excluding hydrogens is 329 g/mol. The second-order valence-corrected chi connectivity index (χ2v) is 6.10. The van der Waals surface area contributed by atoms with Gasteiger partial charge in [0.15, 0.2) is 0 Å². The van der Waals surface area contributed by atoms with E-state index < -0.39 is 17.5 Å². The third-order valence-corrected chi connectivity index (χ3v) is 4.16. The van der Waals surface area contributed by atoms with Gasteiger partial charge in [0.2, 0.25) is 11.9 Å². The molecular formula is C13H17F3N6O2. The van der Waals surface area contributed by atoms with E-state index in [0.29, 0.717) is 31.9 Å². The van der Waals surface area contributed by atoms with Crippen molar-refractivity contribution in [1.29, 1.82) is 0 Å². The van der Waals surface area contributed by atoms with Crippen LogP contribution in [-0.4, -0.2) is 64.5 Å². The van der Waals surface area contributed by atoms with Crippen LogP contribution < -0.4 is 5.32 Å². The van der Waals surface area contributed by atoms with Crippen molar-refractivity contribution in [3.05, 3.63) is 11.7 Å². The van der Waals surface area contributed by atoms with Gasteiger partial charge in [-0.15, -0.1) is 0 Å². The summed E-state index contributed by atoms with van der Waals surface area (Å²) in [6.45, 7) is 1.12. The number of alkyl halides is 3. The first-order valence-corrected chi connectivity index (χ1v) is 7.40. The molecule has 2 aliphatic heterocycles. The molecule has 1 fully saturated rings. The summed E-state index contributed by atoms with van der Waals surface area (Å²) in [6.07, 6.45) is -3.65. The van der Waals surface area contributed by atoms with Crippen LogP contribution in [0.4, 0.5) is 13.2 Å². The lowest BCUT2D eigenvalue weighted by atomic mass is 9.88. The number of halogens is 3. The summed E-state index contributed by atoms with van der Waals surface area (Å²) in [6, 6.07) is 0. The fourth-order valence-electron chi connectivity index (χ4n) is 2.76. The Morgan fingerprint density at radius 1 is 1.33 bits per heavy atom. The van der Waals surface area contributed by atoms with Gasteiger partial charge in [0.05, 0.1) is 6.54 Å². The van der Waals surface area contributed by atoms with Crippen LogP contribution in [-0.2, 0) is 17.5 Å². The van der Waals surface area contributed by atoms with Gasteiger partial charge in [-0.1, -0.05) is 5.16 Å². The maximum atomic E-state index is 12.5. The van der Waals surface area contributed by atoms with Crippen molar-refractivity contribution in [3.63, 3.8) is 0 Å². The number of rotatable bonds is 2. The second-order valence-electron chi connectivity index (χ2n) is 6.10. The number of nitrogens with one attached hydrogen (secondary N) is 1. The highest BCUT2D eigenvalue weighted by atomic mass is 19.4. The number of hydrogen-bond donors (Lipinski definition) is 1. The average Bonchev–Trinajstić information content (AvgIpc) is 3.08. The zero-order chi connectivity index (χ0) is 17.5. The molecule has 8 nitrogen and oxygen atoms in total. The Morgan fingerprint density at radius 2 is 2.00 bits per heavy atom. The van der Waals surface area contributed by atoms with E-state index in [9.17, 15) is 18.0 Å². The summed E-state index contributed by atoms with van der Waals surface area (Å²) in [5.74, 6) is -0.976. The Bertz CT molecular complexity index is 661. The Hall–Kier alpha value is -2.17. The van der Waals surface area contributed by atoms with Gasteiger partial charge in [-0.25, -0.2) is 4.99 Å². The molecule has 0 atom stereocenters. The SMILES string of the molecule is CN(C)C1=NC2(CCN(Cc3nc(C(F)(F)F)no3)CC2)C(=O)N1. The first kappa shape index (κ1) is 16.7. The molecule has 0 unspecified atom stereocenters. The predicted molar refractivity (Wildman–Crippen MR) is 75.8 cm³/mol. The third kappa shape index (κ3) is 3.07. The van der Waals surface area contributed by atoms with E-state index in [1.807, 2.05) is 4.90 Å². The highest BCUT2D eigenvalue weighted by Crippen LogP contribution is 2.31. The van der Waals surface area contributed by atoms with Gasteiger partial charge in [-0.05, 0) is 12.8 Å². The van der Waals surface area contributed by atoms with Gasteiger partial charge >= 0.3 is 6.18 Å². The minimum Gasteiger partial charge on any atom is -0.349 e. The van der Waals surface area contributed by atoms with Gasteiger partial charge in [0.1, 0.15) is 5.54 Å². The van der Waals surface area contributed by atoms with Crippen LogP contribution in [0.2, 0.25) is 0 Å². The predicted octanol–water partition coefficient (Wildman–Crippen LogP) is 0.470. The highest BCUT2D eigenvalue weighted by molar-refractivity contribution is 6.07. The van der Waals surface area contributed by atoms with Crippen LogP contribution in [0, 0.1) is 0 Å². The standard InChI is InChI=1S/C13H17F3N6O2/c1-21(2)11-18-10(23)12(19-11)3-5-22(6-4-12)7-8-17-9(20-24-8)13(14,15)16/h3-7H2,1-2H3,(H,18,19,23). The van der Waals surface area contributed by atoms with Crippen LogP contribution in [0.1, 0.15) is 24.6 Å². The molecule has 0 radical (unpaired) electrons. The molecule has 1 aromatic rings. The van der Waals surface area contributed by atoms with Crippen LogP contribution in [0.25, 0.3) is 0 Å². The number of amides is 1. The smallest absolute Gasteiger partial charge is 0.349 e. The zero-order valence-electron chi connectivity index (χ0n) is 13.2. The molecule has 132 valence electrons. The molecule has 1 amide bonds. The monoisotopic (exact) mass is 346 g/mol. The summed E-state index contributed by atoms with van der Waals surface area (Å²) in [5.41, 5.74) is -0.790. The number of nitrogens with zero attached hydrogens (tertiary/aromatic N) is 5. The fraction of sp³-hybridized carbons (Fsp3) is 0.692. The summed E-state index contributed by atoms with van der Waals surface area (Å²) >= 11 is 0. The molecule has 1 N–H and O–H groups in total. The van der Waals surface area contributed by atoms with Crippen molar-refractivity contribution in [2.45, 2.75) is 31.1 Å². The fourth-order valence-corrected chi connectivity index (χ4v) is 2.76. The maximum absolute atomic E-state index is 12.5. The molecule has 0 bridgehead atoms. The van der Waals surface area contributed by atoms with E-state index in [1.165, 1.54) is 0 Å².